The standard InChI is InChI=1S/C19H30N4O2.3C2HF3O2/c1-22(2)11-12-23-10-7-15-13-17(25-18(15)14-23)19(24)21-9-6-16-5-3-4-8-20-16;3*3-2(4,5)1(6)7/h3-5,8,15,17-18H,6-7,9-14H2,1-2H3,(H,21,24);3*(H,6,7)/t15-,17-,18+;;;/m0.../s1. The van der Waals surface area contributed by atoms with Crippen LogP contribution in [0.1, 0.15) is 18.5 Å². The number of hydrogen-bond donors (Lipinski definition) is 4. The zero-order valence-corrected chi connectivity index (χ0v) is 24.3. The van der Waals surface area contributed by atoms with Crippen molar-refractivity contribution in [3.8, 4) is 0 Å². The first-order chi connectivity index (χ1) is 20.9. The van der Waals surface area contributed by atoms with E-state index in [0.29, 0.717) is 12.5 Å². The van der Waals surface area contributed by atoms with Crippen molar-refractivity contribution in [1.29, 1.82) is 0 Å². The largest absolute Gasteiger partial charge is 0.490 e. The average molecular weight is 689 g/mol. The lowest BCUT2D eigenvalue weighted by atomic mass is 9.91. The van der Waals surface area contributed by atoms with Gasteiger partial charge in [-0.3, -0.25) is 14.7 Å². The molecule has 264 valence electrons. The first-order valence-electron chi connectivity index (χ1n) is 13.1. The average Bonchev–Trinajstić information content (AvgIpc) is 3.36. The van der Waals surface area contributed by atoms with E-state index < -0.39 is 36.4 Å². The number of nitrogens with zero attached hydrogens (tertiary/aromatic N) is 3. The number of aliphatic carboxylic acids is 3. The Hall–Kier alpha value is -3.72. The van der Waals surface area contributed by atoms with Crippen LogP contribution in [-0.2, 0) is 30.3 Å². The summed E-state index contributed by atoms with van der Waals surface area (Å²) in [5.74, 6) is -7.71. The number of ether oxygens (including phenoxy) is 1. The summed E-state index contributed by atoms with van der Waals surface area (Å²) in [6, 6.07) is 5.85. The van der Waals surface area contributed by atoms with Gasteiger partial charge >= 0.3 is 36.4 Å². The summed E-state index contributed by atoms with van der Waals surface area (Å²) < 4.78 is 101. The van der Waals surface area contributed by atoms with E-state index in [1.165, 1.54) is 0 Å². The molecule has 2 fully saturated rings. The third-order valence-corrected chi connectivity index (χ3v) is 5.93. The Morgan fingerprint density at radius 1 is 0.935 bits per heavy atom. The lowest BCUT2D eigenvalue weighted by Gasteiger charge is -2.34. The number of carboxylic acid groups (broad SMARTS) is 3. The van der Waals surface area contributed by atoms with Crippen molar-refractivity contribution in [2.75, 3.05) is 46.8 Å². The van der Waals surface area contributed by atoms with Crippen LogP contribution in [0.15, 0.2) is 24.4 Å². The Bertz CT molecular complexity index is 1050. The number of fused-ring (bicyclic) bond motifs is 1. The van der Waals surface area contributed by atoms with E-state index in [1.807, 2.05) is 18.2 Å². The Balaban J connectivity index is 0.000000786. The number of rotatable bonds is 7. The maximum Gasteiger partial charge on any atom is 0.490 e. The topological polar surface area (TPSA) is 170 Å². The van der Waals surface area contributed by atoms with Gasteiger partial charge in [0.15, 0.2) is 0 Å². The number of aromatic nitrogens is 1. The summed E-state index contributed by atoms with van der Waals surface area (Å²) in [5.41, 5.74) is 1.00. The number of likely N-dealkylation sites (tertiary alicyclic amines) is 1. The summed E-state index contributed by atoms with van der Waals surface area (Å²) in [6.07, 6.45) is -10.8. The molecule has 0 unspecified atom stereocenters. The van der Waals surface area contributed by atoms with Gasteiger partial charge in [0.25, 0.3) is 0 Å². The summed E-state index contributed by atoms with van der Waals surface area (Å²) >= 11 is 0. The van der Waals surface area contributed by atoms with Crippen LogP contribution in [0.2, 0.25) is 0 Å². The van der Waals surface area contributed by atoms with E-state index in [4.69, 9.17) is 34.4 Å². The number of hydrogen-bond acceptors (Lipinski definition) is 8. The van der Waals surface area contributed by atoms with Crippen molar-refractivity contribution in [2.24, 2.45) is 5.92 Å². The molecule has 1 amide bonds. The summed E-state index contributed by atoms with van der Waals surface area (Å²) in [4.78, 5) is 48.0. The van der Waals surface area contributed by atoms with Crippen LogP contribution in [0, 0.1) is 5.92 Å². The fourth-order valence-corrected chi connectivity index (χ4v) is 3.68. The molecule has 0 spiro atoms. The molecule has 3 atom stereocenters. The van der Waals surface area contributed by atoms with Gasteiger partial charge in [-0.2, -0.15) is 39.5 Å². The van der Waals surface area contributed by atoms with Crippen LogP contribution in [-0.4, -0.2) is 131 Å². The van der Waals surface area contributed by atoms with Crippen molar-refractivity contribution in [3.05, 3.63) is 30.1 Å². The second-order valence-electron chi connectivity index (χ2n) is 9.82. The molecule has 0 bridgehead atoms. The number of nitrogens with one attached hydrogen (secondary N) is 1. The van der Waals surface area contributed by atoms with Gasteiger partial charge < -0.3 is 30.3 Å². The third kappa shape index (κ3) is 18.3. The van der Waals surface area contributed by atoms with E-state index >= 15 is 0 Å². The van der Waals surface area contributed by atoms with Crippen molar-refractivity contribution in [1.82, 2.24) is 20.1 Å². The molecule has 12 nitrogen and oxygen atoms in total. The van der Waals surface area contributed by atoms with Gasteiger partial charge in [-0.15, -0.1) is 0 Å². The summed E-state index contributed by atoms with van der Waals surface area (Å²) in [5, 5.41) is 24.4. The van der Waals surface area contributed by atoms with Crippen LogP contribution < -0.4 is 5.32 Å². The molecule has 3 rings (SSSR count). The van der Waals surface area contributed by atoms with E-state index in [-0.39, 0.29) is 18.1 Å². The Kier molecular flexibility index (Phi) is 17.5. The molecule has 0 radical (unpaired) electrons. The molecule has 3 heterocycles. The number of piperidine rings is 1. The SMILES string of the molecule is CN(C)CCN1CC[C@H]2C[C@@H](C(=O)NCCc3ccccn3)O[C@@H]2C1.O=C(O)C(F)(F)F.O=C(O)C(F)(F)F.O=C(O)C(F)(F)F. The smallest absolute Gasteiger partial charge is 0.475 e. The molecule has 46 heavy (non-hydrogen) atoms. The lowest BCUT2D eigenvalue weighted by molar-refractivity contribution is -0.193. The monoisotopic (exact) mass is 688 g/mol. The number of pyridine rings is 1. The zero-order chi connectivity index (χ0) is 35.9. The molecule has 0 saturated carbocycles. The number of carboxylic acids is 3. The van der Waals surface area contributed by atoms with E-state index in [2.05, 4.69) is 34.2 Å². The molecule has 4 N–H and O–H groups in total. The zero-order valence-electron chi connectivity index (χ0n) is 24.3. The lowest BCUT2D eigenvalue weighted by Crippen LogP contribution is -2.44. The van der Waals surface area contributed by atoms with Gasteiger partial charge in [0.1, 0.15) is 6.10 Å². The normalized spacial score (nSPS) is 19.6. The highest BCUT2D eigenvalue weighted by atomic mass is 19.4. The Labute approximate surface area is 256 Å². The number of amides is 1. The highest BCUT2D eigenvalue weighted by Gasteiger charge is 2.42. The van der Waals surface area contributed by atoms with Gasteiger partial charge in [-0.1, -0.05) is 6.07 Å². The third-order valence-electron chi connectivity index (χ3n) is 5.93. The predicted octanol–water partition coefficient (Wildman–Crippen LogP) is 2.68. The Morgan fingerprint density at radius 3 is 1.85 bits per heavy atom. The van der Waals surface area contributed by atoms with Crippen LogP contribution in [0.25, 0.3) is 0 Å². The second-order valence-corrected chi connectivity index (χ2v) is 9.82. The molecule has 21 heteroatoms. The van der Waals surface area contributed by atoms with E-state index in [9.17, 15) is 44.3 Å². The first-order valence-corrected chi connectivity index (χ1v) is 13.1. The molecule has 2 saturated heterocycles. The highest BCUT2D eigenvalue weighted by Crippen LogP contribution is 2.33. The molecular formula is C25H33F9N4O8. The number of likely N-dealkylation sites (N-methyl/N-ethyl adjacent to an activating group) is 1. The van der Waals surface area contributed by atoms with Gasteiger partial charge in [0, 0.05) is 44.5 Å². The molecular weight excluding hydrogens is 655 g/mol. The number of alkyl halides is 9. The molecule has 0 aliphatic carbocycles. The number of carbonyl (C=O) groups excluding carboxylic acids is 1. The molecule has 1 aromatic heterocycles. The van der Waals surface area contributed by atoms with Crippen LogP contribution in [0.4, 0.5) is 39.5 Å². The van der Waals surface area contributed by atoms with Gasteiger partial charge in [0.2, 0.25) is 5.91 Å². The quantitative estimate of drug-likeness (QED) is 0.311. The van der Waals surface area contributed by atoms with Crippen LogP contribution in [0.5, 0.6) is 0 Å². The molecule has 0 aromatic carbocycles. The van der Waals surface area contributed by atoms with Gasteiger partial charge in [-0.25, -0.2) is 14.4 Å². The summed E-state index contributed by atoms with van der Waals surface area (Å²) in [6.45, 7) is 4.82. The van der Waals surface area contributed by atoms with Crippen LogP contribution in [0.3, 0.4) is 0 Å². The minimum Gasteiger partial charge on any atom is -0.475 e. The maximum absolute atomic E-state index is 12.4. The summed E-state index contributed by atoms with van der Waals surface area (Å²) in [7, 11) is 4.20. The van der Waals surface area contributed by atoms with Crippen molar-refractivity contribution < 1.29 is 78.7 Å². The number of halogens is 9. The minimum absolute atomic E-state index is 0.0326. The Morgan fingerprint density at radius 2 is 1.43 bits per heavy atom. The van der Waals surface area contributed by atoms with Gasteiger partial charge in [-0.05, 0) is 51.5 Å². The second kappa shape index (κ2) is 19.1. The molecule has 1 aromatic rings. The fraction of sp³-hybridized carbons (Fsp3) is 0.640. The van der Waals surface area contributed by atoms with Crippen molar-refractivity contribution in [3.63, 3.8) is 0 Å². The van der Waals surface area contributed by atoms with Crippen molar-refractivity contribution >= 4 is 23.8 Å². The van der Waals surface area contributed by atoms with E-state index in [1.54, 1.807) is 6.20 Å². The van der Waals surface area contributed by atoms with Crippen LogP contribution >= 0.6 is 0 Å². The minimum atomic E-state index is -5.08. The van der Waals surface area contributed by atoms with E-state index in [0.717, 1.165) is 51.1 Å². The van der Waals surface area contributed by atoms with Crippen molar-refractivity contribution in [2.45, 2.75) is 50.0 Å². The first kappa shape index (κ1) is 42.3. The number of carbonyl (C=O) groups is 4. The fourth-order valence-electron chi connectivity index (χ4n) is 3.68. The molecule has 2 aliphatic rings. The maximum atomic E-state index is 12.4. The van der Waals surface area contributed by atoms with Gasteiger partial charge in [0.05, 0.1) is 6.10 Å². The predicted molar refractivity (Wildman–Crippen MR) is 138 cm³/mol. The molecule has 2 aliphatic heterocycles. The highest BCUT2D eigenvalue weighted by molar-refractivity contribution is 5.81.